The van der Waals surface area contributed by atoms with Gasteiger partial charge < -0.3 is 4.57 Å². The Labute approximate surface area is 64.4 Å². The molecule has 0 N–H and O–H groups in total. The van der Waals surface area contributed by atoms with E-state index in [-0.39, 0.29) is 0 Å². The van der Waals surface area contributed by atoms with E-state index in [1.807, 2.05) is 4.57 Å². The van der Waals surface area contributed by atoms with Gasteiger partial charge >= 0.3 is 0 Å². The highest BCUT2D eigenvalue weighted by Crippen LogP contribution is 2.10. The van der Waals surface area contributed by atoms with E-state index in [0.29, 0.717) is 13.1 Å². The van der Waals surface area contributed by atoms with Crippen LogP contribution in [0.3, 0.4) is 0 Å². The summed E-state index contributed by atoms with van der Waals surface area (Å²) in [5.41, 5.74) is 0.963. The van der Waals surface area contributed by atoms with Gasteiger partial charge in [0, 0.05) is 19.3 Å². The molecule has 0 radical (unpaired) electrons. The highest BCUT2D eigenvalue weighted by molar-refractivity contribution is 4.98. The van der Waals surface area contributed by atoms with Crippen LogP contribution < -0.4 is 0 Å². The molecule has 0 atom stereocenters. The Hall–Kier alpha value is -0.900. The summed E-state index contributed by atoms with van der Waals surface area (Å²) in [4.78, 5) is 3.95. The van der Waals surface area contributed by atoms with Crippen LogP contribution in [-0.2, 0) is 13.1 Å². The zero-order valence-corrected chi connectivity index (χ0v) is 6.20. The molecule has 0 unspecified atom stereocenters. The monoisotopic (exact) mass is 155 g/mol. The van der Waals surface area contributed by atoms with Crippen molar-refractivity contribution in [2.45, 2.75) is 19.5 Å². The molecule has 0 amide bonds. The molecule has 0 bridgehead atoms. The summed E-state index contributed by atoms with van der Waals surface area (Å²) in [7, 11) is 0. The predicted molar refractivity (Wildman–Crippen MR) is 38.4 cm³/mol. The summed E-state index contributed by atoms with van der Waals surface area (Å²) in [6.45, 7) is 1.79. The molecule has 0 saturated carbocycles. The average molecular weight is 155 g/mol. The first-order valence-electron chi connectivity index (χ1n) is 3.76. The molecule has 0 fully saturated rings. The van der Waals surface area contributed by atoms with E-state index in [9.17, 15) is 4.48 Å². The van der Waals surface area contributed by atoms with Gasteiger partial charge in [0.15, 0.2) is 0 Å². The third-order valence-electron chi connectivity index (χ3n) is 1.93. The minimum absolute atomic E-state index is 0.375. The third-order valence-corrected chi connectivity index (χ3v) is 1.93. The second kappa shape index (κ2) is 2.62. The Morgan fingerprint density at radius 1 is 1.45 bits per heavy atom. The van der Waals surface area contributed by atoms with E-state index < -0.39 is 0 Å². The van der Waals surface area contributed by atoms with Crippen LogP contribution in [0, 0.1) is 0 Å². The first-order chi connectivity index (χ1) is 5.36. The smallest absolute Gasteiger partial charge is 0.0948 e. The highest BCUT2D eigenvalue weighted by Gasteiger charge is 2.12. The fourth-order valence-corrected chi connectivity index (χ4v) is 1.35. The van der Waals surface area contributed by atoms with Gasteiger partial charge in [-0.2, -0.15) is 0 Å². The molecule has 1 aromatic rings. The molecule has 3 nitrogen and oxygen atoms in total. The number of hydrogen-bond donors (Lipinski definition) is 0. The van der Waals surface area contributed by atoms with E-state index in [1.54, 1.807) is 12.5 Å². The zero-order valence-electron chi connectivity index (χ0n) is 6.20. The van der Waals surface area contributed by atoms with Gasteiger partial charge in [-0.1, -0.05) is 0 Å². The molecule has 0 spiro atoms. The molecule has 0 saturated heterocycles. The first-order valence-corrected chi connectivity index (χ1v) is 3.76. The highest BCUT2D eigenvalue weighted by atomic mass is 19.2. The number of halogens is 1. The average Bonchev–Trinajstić information content (AvgIpc) is 2.31. The number of rotatable bonds is 0. The Bertz CT molecular complexity index is 246. The van der Waals surface area contributed by atoms with Crippen molar-refractivity contribution in [2.24, 2.45) is 0 Å². The van der Waals surface area contributed by atoms with Crippen LogP contribution in [0.1, 0.15) is 12.1 Å². The number of nitrogens with zero attached hydrogens (tertiary/aromatic N) is 3. The van der Waals surface area contributed by atoms with Crippen LogP contribution >= 0.6 is 0 Å². The molecule has 4 heteroatoms. The maximum Gasteiger partial charge on any atom is 0.0948 e. The Kier molecular flexibility index (Phi) is 1.62. The van der Waals surface area contributed by atoms with Gasteiger partial charge in [0.2, 0.25) is 0 Å². The lowest BCUT2D eigenvalue weighted by molar-refractivity contribution is 0.0177. The maximum absolute atomic E-state index is 12.8. The molecular formula is C7H10FN3. The second-order valence-corrected chi connectivity index (χ2v) is 2.78. The topological polar surface area (TPSA) is 21.1 Å². The maximum atomic E-state index is 12.8. The lowest BCUT2D eigenvalue weighted by Gasteiger charge is -2.04. The standard InChI is InChI=1S/C7H10FN3/c8-11-3-1-2-10-6-9-4-7(10)5-11/h4,6H,1-3,5H2. The fraction of sp³-hybridized carbons (Fsp3) is 0.571. The van der Waals surface area contributed by atoms with Crippen molar-refractivity contribution in [2.75, 3.05) is 6.54 Å². The minimum atomic E-state index is 0.375. The molecule has 1 aliphatic rings. The van der Waals surface area contributed by atoms with E-state index in [2.05, 4.69) is 4.98 Å². The predicted octanol–water partition coefficient (Wildman–Crippen LogP) is 0.973. The van der Waals surface area contributed by atoms with Crippen molar-refractivity contribution >= 4 is 0 Å². The molecule has 0 aromatic carbocycles. The van der Waals surface area contributed by atoms with Crippen LogP contribution in [0.25, 0.3) is 0 Å². The molecule has 0 aliphatic carbocycles. The van der Waals surface area contributed by atoms with Gasteiger partial charge in [-0.3, -0.25) is 0 Å². The van der Waals surface area contributed by atoms with Crippen molar-refractivity contribution in [3.05, 3.63) is 18.2 Å². The summed E-state index contributed by atoms with van der Waals surface area (Å²) in [5, 5.41) is 0.834. The van der Waals surface area contributed by atoms with E-state index in [0.717, 1.165) is 23.8 Å². The van der Waals surface area contributed by atoms with Gasteiger partial charge in [0.05, 0.1) is 18.6 Å². The van der Waals surface area contributed by atoms with Crippen molar-refractivity contribution in [3.8, 4) is 0 Å². The number of fused-ring (bicyclic) bond motifs is 1. The molecule has 1 aliphatic heterocycles. The van der Waals surface area contributed by atoms with Crippen molar-refractivity contribution in [1.82, 2.24) is 14.7 Å². The van der Waals surface area contributed by atoms with Gasteiger partial charge in [-0.15, -0.1) is 9.60 Å². The van der Waals surface area contributed by atoms with Crippen molar-refractivity contribution < 1.29 is 4.48 Å². The molecule has 1 aromatic heterocycles. The summed E-state index contributed by atoms with van der Waals surface area (Å²) >= 11 is 0. The fourth-order valence-electron chi connectivity index (χ4n) is 1.35. The lowest BCUT2D eigenvalue weighted by atomic mass is 10.4. The minimum Gasteiger partial charge on any atom is -0.333 e. The Morgan fingerprint density at radius 2 is 2.36 bits per heavy atom. The van der Waals surface area contributed by atoms with Crippen LogP contribution in [0.15, 0.2) is 12.5 Å². The normalized spacial score (nSPS) is 19.4. The van der Waals surface area contributed by atoms with E-state index >= 15 is 0 Å². The summed E-state index contributed by atoms with van der Waals surface area (Å²) < 4.78 is 14.8. The van der Waals surface area contributed by atoms with Gasteiger partial charge in [-0.25, -0.2) is 4.98 Å². The molecule has 60 valence electrons. The molecule has 11 heavy (non-hydrogen) atoms. The molecule has 2 rings (SSSR count). The summed E-state index contributed by atoms with van der Waals surface area (Å²) in [6, 6.07) is 0. The van der Waals surface area contributed by atoms with Crippen LogP contribution in [-0.4, -0.2) is 21.2 Å². The summed E-state index contributed by atoms with van der Waals surface area (Å²) in [6.07, 6.45) is 4.34. The van der Waals surface area contributed by atoms with Gasteiger partial charge in [0.1, 0.15) is 0 Å². The Morgan fingerprint density at radius 3 is 3.27 bits per heavy atom. The SMILES string of the molecule is FN1CCCn2cncc2C1. The molecular weight excluding hydrogens is 145 g/mol. The molecule has 2 heterocycles. The van der Waals surface area contributed by atoms with E-state index in [4.69, 9.17) is 0 Å². The zero-order chi connectivity index (χ0) is 7.68. The summed E-state index contributed by atoms with van der Waals surface area (Å²) in [5.74, 6) is 0. The quantitative estimate of drug-likeness (QED) is 0.520. The van der Waals surface area contributed by atoms with Crippen molar-refractivity contribution in [3.63, 3.8) is 0 Å². The lowest BCUT2D eigenvalue weighted by Crippen LogP contribution is -2.11. The first kappa shape index (κ1) is 6.79. The van der Waals surface area contributed by atoms with Crippen LogP contribution in [0.4, 0.5) is 4.48 Å². The van der Waals surface area contributed by atoms with Crippen LogP contribution in [0.2, 0.25) is 0 Å². The largest absolute Gasteiger partial charge is 0.333 e. The Balaban J connectivity index is 2.26. The number of aromatic nitrogens is 2. The second-order valence-electron chi connectivity index (χ2n) is 2.78. The number of hydrogen-bond acceptors (Lipinski definition) is 2. The number of aryl methyl sites for hydroxylation is 1. The number of imidazole rings is 1. The van der Waals surface area contributed by atoms with Gasteiger partial charge in [0.25, 0.3) is 0 Å². The van der Waals surface area contributed by atoms with Gasteiger partial charge in [-0.05, 0) is 6.42 Å². The third kappa shape index (κ3) is 1.26. The van der Waals surface area contributed by atoms with Crippen molar-refractivity contribution in [1.29, 1.82) is 0 Å². The van der Waals surface area contributed by atoms with Crippen LogP contribution in [0.5, 0.6) is 0 Å². The van der Waals surface area contributed by atoms with E-state index in [1.165, 1.54) is 0 Å².